The lowest BCUT2D eigenvalue weighted by atomic mass is 9.48. The van der Waals surface area contributed by atoms with Crippen LogP contribution in [0.3, 0.4) is 0 Å². The zero-order chi connectivity index (χ0) is 22.6. The van der Waals surface area contributed by atoms with E-state index in [1.807, 2.05) is 6.07 Å². The fourth-order valence-corrected chi connectivity index (χ4v) is 6.31. The minimum Gasteiger partial charge on any atom is -0.383 e. The molecular weight excluding hydrogens is 396 g/mol. The Morgan fingerprint density at radius 1 is 1.22 bits per heavy atom. The van der Waals surface area contributed by atoms with Crippen LogP contribution >= 0.6 is 0 Å². The molecule has 4 bridgehead atoms. The first-order valence-corrected chi connectivity index (χ1v) is 11.9. The second-order valence-electron chi connectivity index (χ2n) is 10.1. The number of hydrogen-bond acceptors (Lipinski definition) is 5. The molecule has 0 heterocycles. The maximum Gasteiger partial charge on any atom is 0.137 e. The number of aryl methyl sites for hydroxylation is 1. The monoisotopic (exact) mass is 432 g/mol. The van der Waals surface area contributed by atoms with Crippen LogP contribution in [-0.2, 0) is 6.42 Å². The van der Waals surface area contributed by atoms with Crippen molar-refractivity contribution in [3.63, 3.8) is 0 Å². The zero-order valence-corrected chi connectivity index (χ0v) is 18.9. The van der Waals surface area contributed by atoms with Gasteiger partial charge in [-0.1, -0.05) is 36.9 Å². The fraction of sp³-hybridized carbons (Fsp3) is 0.538. The highest BCUT2D eigenvalue weighted by Crippen LogP contribution is 2.59. The lowest BCUT2D eigenvalue weighted by Gasteiger charge is -2.59. The number of amidine groups is 1. The van der Waals surface area contributed by atoms with Gasteiger partial charge in [-0.25, -0.2) is 0 Å². The van der Waals surface area contributed by atoms with E-state index >= 15 is 0 Å². The van der Waals surface area contributed by atoms with Gasteiger partial charge in [0.25, 0.3) is 0 Å². The number of nitrogens with zero attached hydrogens (tertiary/aromatic N) is 2. The van der Waals surface area contributed by atoms with Gasteiger partial charge >= 0.3 is 0 Å². The van der Waals surface area contributed by atoms with Gasteiger partial charge in [0.1, 0.15) is 17.5 Å². The first-order chi connectivity index (χ1) is 15.5. The summed E-state index contributed by atoms with van der Waals surface area (Å²) in [6.45, 7) is 5.48. The molecule has 1 aromatic carbocycles. The third-order valence-corrected chi connectivity index (χ3v) is 7.67. The van der Waals surface area contributed by atoms with Gasteiger partial charge < -0.3 is 22.1 Å². The van der Waals surface area contributed by atoms with Crippen LogP contribution in [0.5, 0.6) is 0 Å². The predicted octanol–water partition coefficient (Wildman–Crippen LogP) is 3.19. The van der Waals surface area contributed by atoms with Crippen LogP contribution in [0.25, 0.3) is 0 Å². The van der Waals surface area contributed by atoms with Crippen LogP contribution in [-0.4, -0.2) is 25.0 Å². The topological polar surface area (TPSA) is 112 Å². The molecule has 0 spiro atoms. The minimum atomic E-state index is 0.231. The van der Waals surface area contributed by atoms with E-state index in [4.69, 9.17) is 11.5 Å². The highest BCUT2D eigenvalue weighted by molar-refractivity contribution is 6.00. The molecule has 4 saturated carbocycles. The largest absolute Gasteiger partial charge is 0.383 e. The predicted molar refractivity (Wildman–Crippen MR) is 129 cm³/mol. The maximum atomic E-state index is 9.56. The van der Waals surface area contributed by atoms with Crippen molar-refractivity contribution >= 4 is 5.84 Å². The second kappa shape index (κ2) is 9.79. The molecule has 1 aromatic rings. The third-order valence-electron chi connectivity index (χ3n) is 7.67. The smallest absolute Gasteiger partial charge is 0.137 e. The van der Waals surface area contributed by atoms with Crippen molar-refractivity contribution in [2.75, 3.05) is 13.1 Å². The molecule has 3 unspecified atom stereocenters. The summed E-state index contributed by atoms with van der Waals surface area (Å²) < 4.78 is 0. The van der Waals surface area contributed by atoms with Crippen LogP contribution < -0.4 is 22.1 Å². The summed E-state index contributed by atoms with van der Waals surface area (Å²) in [5, 5.41) is 15.8. The van der Waals surface area contributed by atoms with E-state index in [1.54, 1.807) is 6.20 Å². The van der Waals surface area contributed by atoms with E-state index in [0.29, 0.717) is 41.7 Å². The summed E-state index contributed by atoms with van der Waals surface area (Å²) in [6.07, 6.45) is 9.72. The molecule has 6 N–H and O–H groups in total. The van der Waals surface area contributed by atoms with E-state index in [2.05, 4.69) is 52.5 Å². The zero-order valence-electron chi connectivity index (χ0n) is 18.9. The van der Waals surface area contributed by atoms with Crippen molar-refractivity contribution < 1.29 is 0 Å². The van der Waals surface area contributed by atoms with Crippen LogP contribution in [0.2, 0.25) is 0 Å². The van der Waals surface area contributed by atoms with Crippen molar-refractivity contribution in [3.05, 3.63) is 60.1 Å². The van der Waals surface area contributed by atoms with Crippen LogP contribution in [0, 0.1) is 34.5 Å². The van der Waals surface area contributed by atoms with E-state index in [0.717, 1.165) is 38.1 Å². The van der Waals surface area contributed by atoms with E-state index in [9.17, 15) is 5.26 Å². The van der Waals surface area contributed by atoms with Gasteiger partial charge in [0.15, 0.2) is 0 Å². The summed E-state index contributed by atoms with van der Waals surface area (Å²) in [7, 11) is 0. The normalized spacial score (nSPS) is 31.2. The minimum absolute atomic E-state index is 0.231. The lowest BCUT2D eigenvalue weighted by Crippen LogP contribution is -2.57. The number of benzene rings is 1. The highest BCUT2D eigenvalue weighted by atomic mass is 15.1. The molecule has 0 aromatic heterocycles. The quantitative estimate of drug-likeness (QED) is 0.196. The molecule has 6 heteroatoms. The van der Waals surface area contributed by atoms with E-state index < -0.39 is 0 Å². The van der Waals surface area contributed by atoms with Crippen molar-refractivity contribution in [3.8, 4) is 6.07 Å². The summed E-state index contributed by atoms with van der Waals surface area (Å²) >= 11 is 0. The highest BCUT2D eigenvalue weighted by Gasteiger charge is 2.54. The van der Waals surface area contributed by atoms with Crippen LogP contribution in [0.1, 0.15) is 44.1 Å². The van der Waals surface area contributed by atoms with Crippen molar-refractivity contribution in [1.29, 1.82) is 5.26 Å². The van der Waals surface area contributed by atoms with Crippen molar-refractivity contribution in [2.45, 2.75) is 51.0 Å². The SMILES string of the molecule is C=C(NC=C(C#N)C(N)=NCC12CC3C[C@H](C1)C(N)[C@@H](C3)C2)NCCCc1ccccc1. The summed E-state index contributed by atoms with van der Waals surface area (Å²) in [5.41, 5.74) is 14.6. The average molecular weight is 433 g/mol. The molecule has 6 nitrogen and oxygen atoms in total. The Morgan fingerprint density at radius 3 is 2.62 bits per heavy atom. The van der Waals surface area contributed by atoms with E-state index in [-0.39, 0.29) is 5.41 Å². The number of nitrogens with one attached hydrogen (secondary N) is 2. The second-order valence-corrected chi connectivity index (χ2v) is 10.1. The molecule has 0 saturated heterocycles. The Morgan fingerprint density at radius 2 is 1.94 bits per heavy atom. The van der Waals surface area contributed by atoms with Gasteiger partial charge in [0.05, 0.1) is 5.82 Å². The molecule has 5 rings (SSSR count). The number of hydrogen-bond donors (Lipinski definition) is 4. The maximum absolute atomic E-state index is 9.56. The molecule has 4 aliphatic rings. The number of rotatable bonds is 10. The van der Waals surface area contributed by atoms with Crippen LogP contribution in [0.15, 0.2) is 59.5 Å². The molecule has 0 radical (unpaired) electrons. The van der Waals surface area contributed by atoms with Gasteiger partial charge in [-0.3, -0.25) is 4.99 Å². The Labute approximate surface area is 191 Å². The van der Waals surface area contributed by atoms with E-state index in [1.165, 1.54) is 24.8 Å². The molecule has 0 aliphatic heterocycles. The van der Waals surface area contributed by atoms with Gasteiger partial charge in [-0.2, -0.15) is 5.26 Å². The molecule has 0 amide bonds. The first-order valence-electron chi connectivity index (χ1n) is 11.9. The Bertz CT molecular complexity index is 896. The average Bonchev–Trinajstić information content (AvgIpc) is 2.79. The Balaban J connectivity index is 1.25. The molecule has 32 heavy (non-hydrogen) atoms. The van der Waals surface area contributed by atoms with Crippen LogP contribution in [0.4, 0.5) is 0 Å². The lowest BCUT2D eigenvalue weighted by molar-refractivity contribution is -0.0610. The Kier molecular flexibility index (Phi) is 6.86. The number of nitrogens with two attached hydrogens (primary N) is 2. The third kappa shape index (κ3) is 5.16. The first kappa shape index (κ1) is 22.4. The Hall–Kier alpha value is -2.78. The van der Waals surface area contributed by atoms with Gasteiger partial charge in [-0.15, -0.1) is 0 Å². The number of aliphatic imine (C=N–C) groups is 1. The van der Waals surface area contributed by atoms with Gasteiger partial charge in [0.2, 0.25) is 0 Å². The fourth-order valence-electron chi connectivity index (χ4n) is 6.31. The van der Waals surface area contributed by atoms with Crippen molar-refractivity contribution in [2.24, 2.45) is 39.6 Å². The van der Waals surface area contributed by atoms with Crippen molar-refractivity contribution in [1.82, 2.24) is 10.6 Å². The summed E-state index contributed by atoms with van der Waals surface area (Å²) in [6, 6.07) is 12.9. The van der Waals surface area contributed by atoms with Gasteiger partial charge in [0, 0.05) is 25.3 Å². The molecule has 4 fully saturated rings. The number of nitriles is 1. The summed E-state index contributed by atoms with van der Waals surface area (Å²) in [5.74, 6) is 3.03. The molecule has 170 valence electrons. The molecule has 4 aliphatic carbocycles. The summed E-state index contributed by atoms with van der Waals surface area (Å²) in [4.78, 5) is 4.67. The van der Waals surface area contributed by atoms with Gasteiger partial charge in [-0.05, 0) is 73.7 Å². The molecular formula is C26H36N6. The molecule has 5 atom stereocenters. The standard InChI is InChI=1S/C26H36N6/c1-18(30-9-5-8-19-6-3-2-4-7-19)31-16-23(15-27)25(29)32-17-26-12-20-10-21(13-26)24(28)22(11-20)14-26/h2-4,6-7,16,20-22,24,30-31H,1,5,8-14,17,28H2,(H2,29,32)/t20?,21-,22+,24?,26?.